The molecule has 0 unspecified atom stereocenters. The summed E-state index contributed by atoms with van der Waals surface area (Å²) in [5.74, 6) is 0.699. The fraction of sp³-hybridized carbons (Fsp3) is 0.167. The molecule has 3 heteroatoms. The van der Waals surface area contributed by atoms with Crippen LogP contribution in [0.3, 0.4) is 0 Å². The molecule has 1 heterocycles. The zero-order valence-corrected chi connectivity index (χ0v) is 8.51. The van der Waals surface area contributed by atoms with E-state index in [1.165, 1.54) is 0 Å². The van der Waals surface area contributed by atoms with Crippen LogP contribution in [0.1, 0.15) is 11.1 Å². The van der Waals surface area contributed by atoms with Gasteiger partial charge in [0, 0.05) is 23.5 Å². The van der Waals surface area contributed by atoms with Gasteiger partial charge < -0.3 is 5.11 Å². The molecule has 0 atom stereocenters. The summed E-state index contributed by atoms with van der Waals surface area (Å²) in [4.78, 5) is 8.42. The van der Waals surface area contributed by atoms with Gasteiger partial charge in [0.05, 0.1) is 6.61 Å². The first kappa shape index (κ1) is 9.80. The first-order valence-electron chi connectivity index (χ1n) is 4.79. The summed E-state index contributed by atoms with van der Waals surface area (Å²) in [6, 6.07) is 7.97. The first-order valence-corrected chi connectivity index (χ1v) is 4.79. The van der Waals surface area contributed by atoms with E-state index in [-0.39, 0.29) is 6.61 Å². The third-order valence-electron chi connectivity index (χ3n) is 2.27. The molecule has 0 saturated heterocycles. The summed E-state index contributed by atoms with van der Waals surface area (Å²) in [7, 11) is 0. The summed E-state index contributed by atoms with van der Waals surface area (Å²) in [5, 5.41) is 8.87. The van der Waals surface area contributed by atoms with Crippen molar-refractivity contribution >= 4 is 0 Å². The van der Waals surface area contributed by atoms with Crippen LogP contribution in [0.15, 0.2) is 36.7 Å². The Bertz CT molecular complexity index is 451. The van der Waals surface area contributed by atoms with Gasteiger partial charge in [-0.3, -0.25) is 0 Å². The van der Waals surface area contributed by atoms with Crippen LogP contribution in [-0.2, 0) is 6.61 Å². The van der Waals surface area contributed by atoms with Gasteiger partial charge in [-0.1, -0.05) is 24.3 Å². The number of hydrogen-bond donors (Lipinski definition) is 1. The Morgan fingerprint density at radius 1 is 1.13 bits per heavy atom. The molecule has 0 amide bonds. The highest BCUT2D eigenvalue weighted by atomic mass is 16.3. The lowest BCUT2D eigenvalue weighted by molar-refractivity contribution is 0.281. The maximum absolute atomic E-state index is 8.87. The number of benzene rings is 1. The van der Waals surface area contributed by atoms with E-state index in [2.05, 4.69) is 9.97 Å². The summed E-state index contributed by atoms with van der Waals surface area (Å²) < 4.78 is 0. The van der Waals surface area contributed by atoms with Crippen molar-refractivity contribution in [3.63, 3.8) is 0 Å². The third-order valence-corrected chi connectivity index (χ3v) is 2.27. The highest BCUT2D eigenvalue weighted by Gasteiger charge is 2.03. The van der Waals surface area contributed by atoms with E-state index in [1.807, 2.05) is 31.2 Å². The van der Waals surface area contributed by atoms with Crippen LogP contribution < -0.4 is 0 Å². The average molecular weight is 200 g/mol. The Kier molecular flexibility index (Phi) is 2.74. The number of rotatable bonds is 2. The van der Waals surface area contributed by atoms with Gasteiger partial charge in [-0.25, -0.2) is 9.97 Å². The summed E-state index contributed by atoms with van der Waals surface area (Å²) in [6.45, 7) is 2.01. The standard InChI is InChI=1S/C12H12N2O/c1-9-4-2-3-5-11(9)12-13-6-10(8-15)7-14-12/h2-7,15H,8H2,1H3. The van der Waals surface area contributed by atoms with Crippen molar-refractivity contribution < 1.29 is 5.11 Å². The maximum Gasteiger partial charge on any atom is 0.159 e. The number of aryl methyl sites for hydroxylation is 1. The molecule has 1 N–H and O–H groups in total. The van der Waals surface area contributed by atoms with Gasteiger partial charge in [0.2, 0.25) is 0 Å². The Morgan fingerprint density at radius 3 is 2.40 bits per heavy atom. The molecule has 0 aliphatic carbocycles. The van der Waals surface area contributed by atoms with Gasteiger partial charge in [-0.05, 0) is 12.5 Å². The largest absolute Gasteiger partial charge is 0.392 e. The second kappa shape index (κ2) is 4.19. The Hall–Kier alpha value is -1.74. The van der Waals surface area contributed by atoms with Crippen molar-refractivity contribution in [3.8, 4) is 11.4 Å². The molecule has 1 aromatic carbocycles. The molecular weight excluding hydrogens is 188 g/mol. The number of aliphatic hydroxyl groups is 1. The number of nitrogens with zero attached hydrogens (tertiary/aromatic N) is 2. The Labute approximate surface area is 88.5 Å². The van der Waals surface area contributed by atoms with E-state index in [0.29, 0.717) is 5.82 Å². The van der Waals surface area contributed by atoms with Gasteiger partial charge in [0.15, 0.2) is 5.82 Å². The van der Waals surface area contributed by atoms with Gasteiger partial charge in [-0.15, -0.1) is 0 Å². The molecule has 76 valence electrons. The van der Waals surface area contributed by atoms with Crippen LogP contribution in [0.4, 0.5) is 0 Å². The monoisotopic (exact) mass is 200 g/mol. The van der Waals surface area contributed by atoms with E-state index in [4.69, 9.17) is 5.11 Å². The SMILES string of the molecule is Cc1ccccc1-c1ncc(CO)cn1. The zero-order chi connectivity index (χ0) is 10.7. The van der Waals surface area contributed by atoms with Crippen LogP contribution >= 0.6 is 0 Å². The minimum atomic E-state index is -0.0198. The van der Waals surface area contributed by atoms with Gasteiger partial charge in [0.1, 0.15) is 0 Å². The van der Waals surface area contributed by atoms with E-state index in [9.17, 15) is 0 Å². The Morgan fingerprint density at radius 2 is 1.80 bits per heavy atom. The minimum absolute atomic E-state index is 0.0198. The predicted molar refractivity (Wildman–Crippen MR) is 58.1 cm³/mol. The summed E-state index contributed by atoms with van der Waals surface area (Å²) >= 11 is 0. The summed E-state index contributed by atoms with van der Waals surface area (Å²) in [6.07, 6.45) is 3.30. The molecule has 3 nitrogen and oxygen atoms in total. The quantitative estimate of drug-likeness (QED) is 0.805. The molecular formula is C12H12N2O. The van der Waals surface area contributed by atoms with E-state index >= 15 is 0 Å². The molecule has 1 aromatic heterocycles. The lowest BCUT2D eigenvalue weighted by Crippen LogP contribution is -1.93. The lowest BCUT2D eigenvalue weighted by atomic mass is 10.1. The highest BCUT2D eigenvalue weighted by molar-refractivity contribution is 5.59. The third kappa shape index (κ3) is 2.02. The van der Waals surface area contributed by atoms with Crippen molar-refractivity contribution in [3.05, 3.63) is 47.8 Å². The first-order chi connectivity index (χ1) is 7.31. The van der Waals surface area contributed by atoms with Crippen LogP contribution in [0.25, 0.3) is 11.4 Å². The van der Waals surface area contributed by atoms with Crippen molar-refractivity contribution in [2.75, 3.05) is 0 Å². The highest BCUT2D eigenvalue weighted by Crippen LogP contribution is 2.18. The molecule has 15 heavy (non-hydrogen) atoms. The predicted octanol–water partition coefficient (Wildman–Crippen LogP) is 1.94. The van der Waals surface area contributed by atoms with Gasteiger partial charge >= 0.3 is 0 Å². The topological polar surface area (TPSA) is 46.0 Å². The fourth-order valence-corrected chi connectivity index (χ4v) is 1.40. The van der Waals surface area contributed by atoms with E-state index in [1.54, 1.807) is 12.4 Å². The van der Waals surface area contributed by atoms with Crippen molar-refractivity contribution in [2.45, 2.75) is 13.5 Å². The maximum atomic E-state index is 8.87. The average Bonchev–Trinajstić information content (AvgIpc) is 2.30. The minimum Gasteiger partial charge on any atom is -0.392 e. The fourth-order valence-electron chi connectivity index (χ4n) is 1.40. The molecule has 0 aliphatic heterocycles. The number of hydrogen-bond acceptors (Lipinski definition) is 3. The van der Waals surface area contributed by atoms with Gasteiger partial charge in [-0.2, -0.15) is 0 Å². The normalized spacial score (nSPS) is 10.3. The second-order valence-corrected chi connectivity index (χ2v) is 3.39. The van der Waals surface area contributed by atoms with Crippen LogP contribution in [-0.4, -0.2) is 15.1 Å². The lowest BCUT2D eigenvalue weighted by Gasteiger charge is -2.03. The smallest absolute Gasteiger partial charge is 0.159 e. The molecule has 2 rings (SSSR count). The molecule has 0 fully saturated rings. The number of aromatic nitrogens is 2. The van der Waals surface area contributed by atoms with Crippen LogP contribution in [0.5, 0.6) is 0 Å². The molecule has 2 aromatic rings. The summed E-state index contributed by atoms with van der Waals surface area (Å²) in [5.41, 5.74) is 2.91. The van der Waals surface area contributed by atoms with Crippen molar-refractivity contribution in [2.24, 2.45) is 0 Å². The molecule has 0 spiro atoms. The number of aliphatic hydroxyl groups excluding tert-OH is 1. The molecule has 0 saturated carbocycles. The molecule has 0 radical (unpaired) electrons. The van der Waals surface area contributed by atoms with E-state index < -0.39 is 0 Å². The van der Waals surface area contributed by atoms with Crippen LogP contribution in [0, 0.1) is 6.92 Å². The van der Waals surface area contributed by atoms with E-state index in [0.717, 1.165) is 16.7 Å². The zero-order valence-electron chi connectivity index (χ0n) is 8.51. The van der Waals surface area contributed by atoms with Gasteiger partial charge in [0.25, 0.3) is 0 Å². The Balaban J connectivity index is 2.42. The molecule has 0 bridgehead atoms. The second-order valence-electron chi connectivity index (χ2n) is 3.39. The van der Waals surface area contributed by atoms with Crippen molar-refractivity contribution in [1.29, 1.82) is 0 Å². The molecule has 0 aliphatic rings. The van der Waals surface area contributed by atoms with Crippen molar-refractivity contribution in [1.82, 2.24) is 9.97 Å². The van der Waals surface area contributed by atoms with Crippen LogP contribution in [0.2, 0.25) is 0 Å².